The third-order valence-electron chi connectivity index (χ3n) is 3.41. The monoisotopic (exact) mass is 239 g/mol. The molecular weight excluding hydrogens is 218 g/mol. The summed E-state index contributed by atoms with van der Waals surface area (Å²) >= 11 is 1.67. The highest BCUT2D eigenvalue weighted by Gasteiger charge is 2.36. The molecule has 0 bridgehead atoms. The van der Waals surface area contributed by atoms with E-state index in [1.165, 1.54) is 6.42 Å². The number of aromatic nitrogens is 1. The van der Waals surface area contributed by atoms with Crippen molar-refractivity contribution in [1.29, 1.82) is 0 Å². The highest BCUT2D eigenvalue weighted by atomic mass is 32.1. The van der Waals surface area contributed by atoms with E-state index in [9.17, 15) is 5.11 Å². The molecule has 1 heterocycles. The van der Waals surface area contributed by atoms with Gasteiger partial charge < -0.3 is 5.11 Å². The molecule has 0 aromatic carbocycles. The van der Waals surface area contributed by atoms with Crippen molar-refractivity contribution in [3.8, 4) is 0 Å². The maximum absolute atomic E-state index is 10.6. The van der Waals surface area contributed by atoms with E-state index in [2.05, 4.69) is 24.2 Å². The van der Waals surface area contributed by atoms with Crippen molar-refractivity contribution in [2.24, 2.45) is 11.8 Å². The average Bonchev–Trinajstić information content (AvgIpc) is 2.47. The van der Waals surface area contributed by atoms with E-state index < -0.39 is 5.60 Å². The summed E-state index contributed by atoms with van der Waals surface area (Å²) in [7, 11) is 0. The first kappa shape index (κ1) is 12.1. The van der Waals surface area contributed by atoms with E-state index in [0.29, 0.717) is 11.8 Å². The molecule has 3 heteroatoms. The molecule has 1 fully saturated rings. The number of rotatable bonds is 2. The van der Waals surface area contributed by atoms with Crippen LogP contribution in [0.4, 0.5) is 0 Å². The molecule has 0 radical (unpaired) electrons. The largest absolute Gasteiger partial charge is 0.389 e. The summed E-state index contributed by atoms with van der Waals surface area (Å²) in [4.78, 5) is 4.46. The van der Waals surface area contributed by atoms with Gasteiger partial charge in [-0.15, -0.1) is 11.3 Å². The Morgan fingerprint density at radius 3 is 2.56 bits per heavy atom. The first-order chi connectivity index (χ1) is 7.47. The molecule has 1 aliphatic carbocycles. The molecule has 90 valence electrons. The average molecular weight is 239 g/mol. The lowest BCUT2D eigenvalue weighted by Crippen LogP contribution is -2.39. The van der Waals surface area contributed by atoms with E-state index in [1.807, 2.05) is 6.92 Å². The van der Waals surface area contributed by atoms with E-state index in [4.69, 9.17) is 0 Å². The fourth-order valence-electron chi connectivity index (χ4n) is 3.14. The van der Waals surface area contributed by atoms with Crippen molar-refractivity contribution in [2.45, 2.75) is 52.1 Å². The molecule has 1 aliphatic rings. The zero-order valence-corrected chi connectivity index (χ0v) is 11.2. The predicted molar refractivity (Wildman–Crippen MR) is 67.7 cm³/mol. The number of hydrogen-bond donors (Lipinski definition) is 1. The Balaban J connectivity index is 2.07. The summed E-state index contributed by atoms with van der Waals surface area (Å²) in [5, 5.41) is 13.8. The van der Waals surface area contributed by atoms with Crippen molar-refractivity contribution in [3.63, 3.8) is 0 Å². The fourth-order valence-corrected chi connectivity index (χ4v) is 4.05. The molecule has 1 aromatic heterocycles. The van der Waals surface area contributed by atoms with Gasteiger partial charge in [0.25, 0.3) is 0 Å². The maximum atomic E-state index is 10.6. The van der Waals surface area contributed by atoms with Crippen molar-refractivity contribution < 1.29 is 5.11 Å². The Bertz CT molecular complexity index is 351. The van der Waals surface area contributed by atoms with Gasteiger partial charge >= 0.3 is 0 Å². The lowest BCUT2D eigenvalue weighted by atomic mass is 9.72. The second-order valence-electron chi connectivity index (χ2n) is 5.64. The lowest BCUT2D eigenvalue weighted by molar-refractivity contribution is -0.0305. The van der Waals surface area contributed by atoms with Crippen LogP contribution >= 0.6 is 11.3 Å². The number of thiazole rings is 1. The van der Waals surface area contributed by atoms with Crippen LogP contribution in [-0.4, -0.2) is 15.7 Å². The standard InChI is InChI=1S/C13H21NOS/c1-9-4-10(2)6-13(15,5-9)7-12-14-11(3)8-16-12/h8-10,15H,4-7H2,1-3H3. The van der Waals surface area contributed by atoms with Gasteiger partial charge in [0, 0.05) is 17.5 Å². The Morgan fingerprint density at radius 1 is 1.44 bits per heavy atom. The van der Waals surface area contributed by atoms with Crippen LogP contribution in [0.1, 0.15) is 43.8 Å². The van der Waals surface area contributed by atoms with Crippen LogP contribution in [0.25, 0.3) is 0 Å². The molecule has 0 spiro atoms. The highest BCUT2D eigenvalue weighted by Crippen LogP contribution is 2.38. The SMILES string of the molecule is Cc1csc(CC2(O)CC(C)CC(C)C2)n1. The van der Waals surface area contributed by atoms with Gasteiger partial charge in [-0.25, -0.2) is 4.98 Å². The van der Waals surface area contributed by atoms with E-state index >= 15 is 0 Å². The first-order valence-electron chi connectivity index (χ1n) is 6.10. The smallest absolute Gasteiger partial charge is 0.0956 e. The lowest BCUT2D eigenvalue weighted by Gasteiger charge is -2.38. The van der Waals surface area contributed by atoms with Crippen LogP contribution in [0, 0.1) is 18.8 Å². The van der Waals surface area contributed by atoms with E-state index in [-0.39, 0.29) is 0 Å². The molecule has 1 N–H and O–H groups in total. The Hall–Kier alpha value is -0.410. The van der Waals surface area contributed by atoms with Gasteiger partial charge in [-0.2, -0.15) is 0 Å². The number of aryl methyl sites for hydroxylation is 1. The van der Waals surface area contributed by atoms with Crippen molar-refractivity contribution >= 4 is 11.3 Å². The molecular formula is C13H21NOS. The molecule has 2 rings (SSSR count). The highest BCUT2D eigenvalue weighted by molar-refractivity contribution is 7.09. The minimum atomic E-state index is -0.513. The van der Waals surface area contributed by atoms with Gasteiger partial charge in [-0.3, -0.25) is 0 Å². The van der Waals surface area contributed by atoms with Crippen LogP contribution in [0.3, 0.4) is 0 Å². The summed E-state index contributed by atoms with van der Waals surface area (Å²) in [5.74, 6) is 1.27. The first-order valence-corrected chi connectivity index (χ1v) is 6.98. The Morgan fingerprint density at radius 2 is 2.06 bits per heavy atom. The summed E-state index contributed by atoms with van der Waals surface area (Å²) in [5.41, 5.74) is 0.557. The third-order valence-corrected chi connectivity index (χ3v) is 4.38. The van der Waals surface area contributed by atoms with Gasteiger partial charge in [-0.05, 0) is 38.0 Å². The summed E-state index contributed by atoms with van der Waals surface area (Å²) in [6, 6.07) is 0. The number of nitrogens with zero attached hydrogens (tertiary/aromatic N) is 1. The van der Waals surface area contributed by atoms with Crippen LogP contribution in [-0.2, 0) is 6.42 Å². The van der Waals surface area contributed by atoms with Crippen LogP contribution < -0.4 is 0 Å². The molecule has 0 amide bonds. The van der Waals surface area contributed by atoms with Crippen LogP contribution in [0.2, 0.25) is 0 Å². The predicted octanol–water partition coefficient (Wildman–Crippen LogP) is 3.18. The molecule has 2 unspecified atom stereocenters. The van der Waals surface area contributed by atoms with Gasteiger partial charge in [0.05, 0.1) is 10.6 Å². The molecule has 0 aliphatic heterocycles. The summed E-state index contributed by atoms with van der Waals surface area (Å²) in [6.07, 6.45) is 3.84. The zero-order valence-electron chi connectivity index (χ0n) is 10.4. The van der Waals surface area contributed by atoms with Gasteiger partial charge in [0.2, 0.25) is 0 Å². The van der Waals surface area contributed by atoms with Crippen LogP contribution in [0.15, 0.2) is 5.38 Å². The second kappa shape index (κ2) is 4.46. The number of hydrogen-bond acceptors (Lipinski definition) is 3. The molecule has 16 heavy (non-hydrogen) atoms. The minimum Gasteiger partial charge on any atom is -0.389 e. The van der Waals surface area contributed by atoms with Gasteiger partial charge in [0.15, 0.2) is 0 Å². The van der Waals surface area contributed by atoms with E-state index in [0.717, 1.165) is 30.0 Å². The van der Waals surface area contributed by atoms with Crippen molar-refractivity contribution in [2.75, 3.05) is 0 Å². The van der Waals surface area contributed by atoms with Crippen molar-refractivity contribution in [1.82, 2.24) is 4.98 Å². The molecule has 1 saturated carbocycles. The number of aliphatic hydroxyl groups is 1. The van der Waals surface area contributed by atoms with Gasteiger partial charge in [0.1, 0.15) is 0 Å². The maximum Gasteiger partial charge on any atom is 0.0956 e. The zero-order chi connectivity index (χ0) is 11.8. The minimum absolute atomic E-state index is 0.513. The topological polar surface area (TPSA) is 33.1 Å². The van der Waals surface area contributed by atoms with Crippen molar-refractivity contribution in [3.05, 3.63) is 16.1 Å². The molecule has 1 aromatic rings. The Kier molecular flexibility index (Phi) is 3.36. The van der Waals surface area contributed by atoms with Gasteiger partial charge in [-0.1, -0.05) is 13.8 Å². The van der Waals surface area contributed by atoms with Crippen LogP contribution in [0.5, 0.6) is 0 Å². The fraction of sp³-hybridized carbons (Fsp3) is 0.769. The molecule has 2 atom stereocenters. The quantitative estimate of drug-likeness (QED) is 0.860. The normalized spacial score (nSPS) is 35.2. The van der Waals surface area contributed by atoms with E-state index in [1.54, 1.807) is 11.3 Å². The summed E-state index contributed by atoms with van der Waals surface area (Å²) < 4.78 is 0. The molecule has 0 saturated heterocycles. The third kappa shape index (κ3) is 2.83. The molecule has 2 nitrogen and oxygen atoms in total. The Labute approximate surface area is 102 Å². The summed E-state index contributed by atoms with van der Waals surface area (Å²) in [6.45, 7) is 6.50. The second-order valence-corrected chi connectivity index (χ2v) is 6.58.